The molecule has 3 aromatic rings. The van der Waals surface area contributed by atoms with Gasteiger partial charge in [-0.15, -0.1) is 0 Å². The van der Waals surface area contributed by atoms with E-state index in [9.17, 15) is 24.8 Å². The molecule has 0 fully saturated rings. The number of carboxylic acid groups (broad SMARTS) is 1. The van der Waals surface area contributed by atoms with E-state index in [0.29, 0.717) is 35.0 Å². The monoisotopic (exact) mass is 532 g/mol. The van der Waals surface area contributed by atoms with E-state index in [1.807, 2.05) is 35.9 Å². The van der Waals surface area contributed by atoms with Crippen LogP contribution in [-0.2, 0) is 23.1 Å². The molecule has 9 heteroatoms. The van der Waals surface area contributed by atoms with Gasteiger partial charge in [-0.3, -0.25) is 14.4 Å². The fourth-order valence-electron chi connectivity index (χ4n) is 4.91. The number of hydrogen-bond acceptors (Lipinski definition) is 6. The minimum absolute atomic E-state index is 0.0804. The molecule has 0 aliphatic rings. The summed E-state index contributed by atoms with van der Waals surface area (Å²) in [6.07, 6.45) is 4.39. The Kier molecular flexibility index (Phi) is 9.96. The Balaban J connectivity index is 1.70. The summed E-state index contributed by atoms with van der Waals surface area (Å²) >= 11 is 0. The Bertz CT molecular complexity index is 1400. The van der Waals surface area contributed by atoms with Crippen LogP contribution in [0.3, 0.4) is 0 Å². The lowest BCUT2D eigenvalue weighted by molar-refractivity contribution is -0.137. The third-order valence-corrected chi connectivity index (χ3v) is 7.12. The number of aryl methyl sites for hydroxylation is 1. The van der Waals surface area contributed by atoms with E-state index >= 15 is 0 Å². The number of carbonyl (C=O) groups is 3. The second-order valence-corrected chi connectivity index (χ2v) is 10.2. The van der Waals surface area contributed by atoms with Gasteiger partial charge >= 0.3 is 5.97 Å². The first-order chi connectivity index (χ1) is 18.5. The Morgan fingerprint density at radius 3 is 2.56 bits per heavy atom. The molecule has 1 amide bonds. The highest BCUT2D eigenvalue weighted by atomic mass is 16.4. The molecule has 0 saturated carbocycles. The molecule has 0 aliphatic carbocycles. The van der Waals surface area contributed by atoms with Gasteiger partial charge in [-0.25, -0.2) is 4.98 Å². The summed E-state index contributed by atoms with van der Waals surface area (Å²) in [5.74, 6) is -1.49. The second-order valence-electron chi connectivity index (χ2n) is 10.2. The molecule has 2 aromatic heterocycles. The first-order valence-electron chi connectivity index (χ1n) is 13.2. The number of carboxylic acids is 1. The maximum absolute atomic E-state index is 13.4. The first-order valence-corrected chi connectivity index (χ1v) is 13.2. The quantitative estimate of drug-likeness (QED) is 0.235. The number of benzene rings is 1. The van der Waals surface area contributed by atoms with Crippen molar-refractivity contribution in [1.29, 1.82) is 5.26 Å². The van der Waals surface area contributed by atoms with Gasteiger partial charge in [-0.1, -0.05) is 31.9 Å². The van der Waals surface area contributed by atoms with Crippen LogP contribution in [0.25, 0.3) is 11.0 Å². The van der Waals surface area contributed by atoms with Crippen LogP contribution < -0.4 is 4.90 Å². The maximum atomic E-state index is 13.4. The molecule has 39 heavy (non-hydrogen) atoms. The van der Waals surface area contributed by atoms with Gasteiger partial charge in [-0.05, 0) is 48.9 Å². The number of ketones is 1. The predicted octanol–water partition coefficient (Wildman–Crippen LogP) is 4.95. The van der Waals surface area contributed by atoms with Crippen molar-refractivity contribution >= 4 is 34.4 Å². The summed E-state index contributed by atoms with van der Waals surface area (Å²) in [5.41, 5.74) is 3.81. The van der Waals surface area contributed by atoms with Gasteiger partial charge in [0.15, 0.2) is 5.78 Å². The molecule has 2 atom stereocenters. The average Bonchev–Trinajstić information content (AvgIpc) is 3.17. The van der Waals surface area contributed by atoms with E-state index in [1.165, 1.54) is 18.0 Å². The molecule has 9 nitrogen and oxygen atoms in total. The van der Waals surface area contributed by atoms with E-state index in [-0.39, 0.29) is 30.4 Å². The van der Waals surface area contributed by atoms with Crippen LogP contribution in [-0.4, -0.2) is 44.5 Å². The molecule has 2 heterocycles. The number of pyridine rings is 1. The third kappa shape index (κ3) is 7.30. The van der Waals surface area contributed by atoms with Gasteiger partial charge in [0, 0.05) is 62.4 Å². The van der Waals surface area contributed by atoms with Crippen molar-refractivity contribution in [2.24, 2.45) is 13.0 Å². The van der Waals surface area contributed by atoms with Crippen molar-refractivity contribution in [2.75, 3.05) is 11.9 Å². The molecule has 0 bridgehead atoms. The normalized spacial score (nSPS) is 12.6. The highest BCUT2D eigenvalue weighted by Crippen LogP contribution is 2.30. The maximum Gasteiger partial charge on any atom is 0.303 e. The van der Waals surface area contributed by atoms with Gasteiger partial charge < -0.3 is 19.7 Å². The number of carbonyl (C=O) groups excluding carboxylic acids is 2. The zero-order chi connectivity index (χ0) is 28.7. The van der Waals surface area contributed by atoms with Gasteiger partial charge in [0.2, 0.25) is 5.91 Å². The minimum atomic E-state index is -0.943. The van der Waals surface area contributed by atoms with E-state index < -0.39 is 12.1 Å². The number of nitrogens with zero attached hydrogens (tertiary/aromatic N) is 4. The van der Waals surface area contributed by atoms with Crippen LogP contribution in [0.2, 0.25) is 0 Å². The number of fused-ring (bicyclic) bond motifs is 1. The molecule has 0 aliphatic heterocycles. The number of anilines is 1. The number of unbranched alkanes of at least 4 members (excludes halogenated alkanes) is 2. The van der Waals surface area contributed by atoms with Crippen molar-refractivity contribution in [3.8, 4) is 6.07 Å². The highest BCUT2D eigenvalue weighted by molar-refractivity contribution is 6.09. The fourth-order valence-corrected chi connectivity index (χ4v) is 4.91. The Morgan fingerprint density at radius 1 is 1.15 bits per heavy atom. The number of rotatable bonds is 13. The largest absolute Gasteiger partial charge is 0.481 e. The predicted molar refractivity (Wildman–Crippen MR) is 148 cm³/mol. The summed E-state index contributed by atoms with van der Waals surface area (Å²) in [5, 5.41) is 29.8. The Labute approximate surface area is 228 Å². The van der Waals surface area contributed by atoms with Crippen molar-refractivity contribution < 1.29 is 24.6 Å². The van der Waals surface area contributed by atoms with E-state index in [1.54, 1.807) is 20.0 Å². The zero-order valence-electron chi connectivity index (χ0n) is 23.0. The van der Waals surface area contributed by atoms with E-state index in [4.69, 9.17) is 5.11 Å². The molecular weight excluding hydrogens is 496 g/mol. The molecule has 2 unspecified atom stereocenters. The number of hydrogen-bond donors (Lipinski definition) is 2. The van der Waals surface area contributed by atoms with Crippen LogP contribution in [0.5, 0.6) is 0 Å². The molecule has 0 radical (unpaired) electrons. The highest BCUT2D eigenvalue weighted by Gasteiger charge is 2.24. The van der Waals surface area contributed by atoms with Crippen LogP contribution in [0.1, 0.15) is 85.7 Å². The molecule has 0 spiro atoms. The SMILES string of the molecule is CC(=O)N(C)c1cccc(C(O)CCCCCc2c(C(=O)CC(C)CC(=O)O)c3cc(C#N)cnc3n2C)c1. The fraction of sp³-hybridized carbons (Fsp3) is 0.433. The summed E-state index contributed by atoms with van der Waals surface area (Å²) in [6.45, 7) is 3.24. The lowest BCUT2D eigenvalue weighted by Gasteiger charge is -2.18. The molecule has 1 aromatic carbocycles. The molecular formula is C30H36N4O5. The number of aromatic nitrogens is 2. The Hall–Kier alpha value is -4.03. The molecule has 3 rings (SSSR count). The lowest BCUT2D eigenvalue weighted by Crippen LogP contribution is -2.22. The topological polar surface area (TPSA) is 137 Å². The van der Waals surface area contributed by atoms with Crippen molar-refractivity contribution in [3.63, 3.8) is 0 Å². The molecule has 0 saturated heterocycles. The lowest BCUT2D eigenvalue weighted by atomic mass is 9.94. The van der Waals surface area contributed by atoms with Crippen LogP contribution in [0.15, 0.2) is 36.5 Å². The van der Waals surface area contributed by atoms with Gasteiger partial charge in [0.05, 0.1) is 11.7 Å². The standard InChI is InChI=1S/C30H36N4O5/c1-19(14-28(38)39)13-27(37)29-24-15-21(17-31)18-32-30(24)34(4)25(29)11-6-5-7-12-26(36)22-9-8-10-23(16-22)33(3)20(2)35/h8-10,15-16,18-19,26,36H,5-7,11-14H2,1-4H3,(H,38,39). The molecule has 2 N–H and O–H groups in total. The smallest absolute Gasteiger partial charge is 0.303 e. The molecule has 206 valence electrons. The number of Topliss-reactive ketones (excluding diaryl/α,β-unsaturated/α-hetero) is 1. The van der Waals surface area contributed by atoms with Crippen LogP contribution >= 0.6 is 0 Å². The number of aliphatic carboxylic acids is 1. The van der Waals surface area contributed by atoms with Crippen molar-refractivity contribution in [1.82, 2.24) is 9.55 Å². The number of aliphatic hydroxyl groups is 1. The van der Waals surface area contributed by atoms with Gasteiger partial charge in [0.1, 0.15) is 11.7 Å². The van der Waals surface area contributed by atoms with E-state index in [0.717, 1.165) is 36.2 Å². The van der Waals surface area contributed by atoms with Crippen molar-refractivity contribution in [3.05, 3.63) is 58.9 Å². The number of aliphatic hydroxyl groups excluding tert-OH is 1. The average molecular weight is 533 g/mol. The summed E-state index contributed by atoms with van der Waals surface area (Å²) in [6, 6.07) is 11.1. The van der Waals surface area contributed by atoms with E-state index in [2.05, 4.69) is 11.1 Å². The van der Waals surface area contributed by atoms with Crippen molar-refractivity contribution in [2.45, 2.75) is 64.9 Å². The first kappa shape index (κ1) is 29.5. The van der Waals surface area contributed by atoms with Crippen LogP contribution in [0.4, 0.5) is 5.69 Å². The zero-order valence-corrected chi connectivity index (χ0v) is 23.0. The minimum Gasteiger partial charge on any atom is -0.481 e. The van der Waals surface area contributed by atoms with Gasteiger partial charge in [-0.2, -0.15) is 5.26 Å². The summed E-state index contributed by atoms with van der Waals surface area (Å²) < 4.78 is 1.89. The number of nitriles is 1. The third-order valence-electron chi connectivity index (χ3n) is 7.12. The second kappa shape index (κ2) is 13.2. The van der Waals surface area contributed by atoms with Crippen LogP contribution in [0, 0.1) is 17.2 Å². The van der Waals surface area contributed by atoms with Gasteiger partial charge in [0.25, 0.3) is 0 Å². The number of amides is 1. The Morgan fingerprint density at radius 2 is 1.90 bits per heavy atom. The summed E-state index contributed by atoms with van der Waals surface area (Å²) in [4.78, 5) is 42.1. The summed E-state index contributed by atoms with van der Waals surface area (Å²) in [7, 11) is 3.55.